The van der Waals surface area contributed by atoms with Crippen molar-refractivity contribution in [2.24, 2.45) is 0 Å². The Morgan fingerprint density at radius 1 is 0.923 bits per heavy atom. The second kappa shape index (κ2) is 7.28. The Bertz CT molecular complexity index is 837. The Hall–Kier alpha value is -2.06. The van der Waals surface area contributed by atoms with Gasteiger partial charge < -0.3 is 4.74 Å². The van der Waals surface area contributed by atoms with Crippen LogP contribution in [-0.2, 0) is 22.0 Å². The average Bonchev–Trinajstić information content (AvgIpc) is 2.51. The third-order valence-electron chi connectivity index (χ3n) is 3.65. The van der Waals surface area contributed by atoms with Crippen LogP contribution in [-0.4, -0.2) is 14.8 Å². The third kappa shape index (κ3) is 5.74. The molecule has 0 unspecified atom stereocenters. The molecule has 0 radical (unpaired) electrons. The number of nitrogens with one attached hydrogen (secondary N) is 1. The maximum Gasteiger partial charge on any atom is 0.573 e. The third-order valence-corrected chi connectivity index (χ3v) is 5.07. The van der Waals surface area contributed by atoms with E-state index in [1.54, 1.807) is 0 Å². The van der Waals surface area contributed by atoms with Gasteiger partial charge in [-0.05, 0) is 40.8 Å². The van der Waals surface area contributed by atoms with Crippen LogP contribution in [0, 0.1) is 0 Å². The van der Waals surface area contributed by atoms with Gasteiger partial charge >= 0.3 is 6.36 Å². The Morgan fingerprint density at radius 3 is 1.92 bits per heavy atom. The Labute approximate surface area is 151 Å². The van der Waals surface area contributed by atoms with Crippen LogP contribution in [0.4, 0.5) is 13.2 Å². The van der Waals surface area contributed by atoms with E-state index in [0.29, 0.717) is 0 Å². The highest BCUT2D eigenvalue weighted by Crippen LogP contribution is 2.24. The molecule has 0 saturated heterocycles. The van der Waals surface area contributed by atoms with Crippen molar-refractivity contribution in [3.63, 3.8) is 0 Å². The van der Waals surface area contributed by atoms with E-state index in [0.717, 1.165) is 35.4 Å². The molecule has 0 aromatic heterocycles. The van der Waals surface area contributed by atoms with Crippen molar-refractivity contribution in [3.05, 3.63) is 59.7 Å². The van der Waals surface area contributed by atoms with Crippen molar-refractivity contribution >= 4 is 10.0 Å². The molecule has 0 amide bonds. The summed E-state index contributed by atoms with van der Waals surface area (Å²) in [5, 5.41) is 0. The molecule has 0 spiro atoms. The number of sulfonamides is 1. The summed E-state index contributed by atoms with van der Waals surface area (Å²) in [6, 6.07) is 11.6. The van der Waals surface area contributed by atoms with Crippen LogP contribution in [0.5, 0.6) is 5.75 Å². The van der Waals surface area contributed by atoms with Gasteiger partial charge in [0.15, 0.2) is 0 Å². The van der Waals surface area contributed by atoms with Gasteiger partial charge in [-0.2, -0.15) is 0 Å². The molecule has 2 aromatic carbocycles. The summed E-state index contributed by atoms with van der Waals surface area (Å²) >= 11 is 0. The zero-order valence-corrected chi connectivity index (χ0v) is 15.4. The second-order valence-electron chi connectivity index (χ2n) is 6.79. The van der Waals surface area contributed by atoms with Gasteiger partial charge in [-0.25, -0.2) is 13.1 Å². The maximum atomic E-state index is 12.3. The van der Waals surface area contributed by atoms with Crippen LogP contribution in [0.2, 0.25) is 0 Å². The first-order valence-corrected chi connectivity index (χ1v) is 9.30. The highest BCUT2D eigenvalue weighted by Gasteiger charge is 2.31. The highest BCUT2D eigenvalue weighted by molar-refractivity contribution is 7.89. The molecule has 0 saturated carbocycles. The summed E-state index contributed by atoms with van der Waals surface area (Å²) in [7, 11) is -3.84. The molecule has 0 atom stereocenters. The molecule has 2 rings (SSSR count). The zero-order chi connectivity index (χ0) is 19.6. The lowest BCUT2D eigenvalue weighted by molar-refractivity contribution is -0.274. The minimum absolute atomic E-state index is 0.00172. The fourth-order valence-corrected chi connectivity index (χ4v) is 3.22. The predicted octanol–water partition coefficient (Wildman–Crippen LogP) is 4.36. The maximum absolute atomic E-state index is 12.3. The van der Waals surface area contributed by atoms with Gasteiger partial charge in [0, 0.05) is 6.54 Å². The molecular weight excluding hydrogens is 367 g/mol. The van der Waals surface area contributed by atoms with Crippen LogP contribution in [0.15, 0.2) is 53.4 Å². The second-order valence-corrected chi connectivity index (χ2v) is 8.56. The van der Waals surface area contributed by atoms with Gasteiger partial charge in [-0.15, -0.1) is 13.2 Å². The summed E-state index contributed by atoms with van der Waals surface area (Å²) in [5.74, 6) is -0.478. The van der Waals surface area contributed by atoms with Gasteiger partial charge in [0.1, 0.15) is 5.75 Å². The van der Waals surface area contributed by atoms with E-state index in [2.05, 4.69) is 30.2 Å². The molecule has 142 valence electrons. The molecule has 8 heteroatoms. The van der Waals surface area contributed by atoms with Gasteiger partial charge in [0.25, 0.3) is 0 Å². The van der Waals surface area contributed by atoms with Crippen LogP contribution in [0.25, 0.3) is 0 Å². The van der Waals surface area contributed by atoms with Crippen molar-refractivity contribution in [2.75, 3.05) is 0 Å². The monoisotopic (exact) mass is 387 g/mol. The summed E-state index contributed by atoms with van der Waals surface area (Å²) in [6.45, 7) is 6.32. The predicted molar refractivity (Wildman–Crippen MR) is 92.3 cm³/mol. The van der Waals surface area contributed by atoms with Gasteiger partial charge in [-0.1, -0.05) is 45.0 Å². The van der Waals surface area contributed by atoms with Crippen molar-refractivity contribution in [2.45, 2.75) is 44.0 Å². The summed E-state index contributed by atoms with van der Waals surface area (Å²) in [6.07, 6.45) is -4.82. The number of hydrogen-bond acceptors (Lipinski definition) is 3. The van der Waals surface area contributed by atoms with Crippen molar-refractivity contribution < 1.29 is 26.3 Å². The molecule has 0 fully saturated rings. The van der Waals surface area contributed by atoms with Gasteiger partial charge in [0.2, 0.25) is 10.0 Å². The topological polar surface area (TPSA) is 55.4 Å². The lowest BCUT2D eigenvalue weighted by Gasteiger charge is -2.19. The molecule has 0 aliphatic rings. The number of rotatable bonds is 5. The molecule has 0 aliphatic heterocycles. The standard InChI is InChI=1S/C18H20F3NO3S/c1-17(2,3)14-6-4-13(5-7-14)12-22-26(23,24)16-10-8-15(9-11-16)25-18(19,20)21/h4-11,22H,12H2,1-3H3. The van der Waals surface area contributed by atoms with E-state index < -0.39 is 22.1 Å². The largest absolute Gasteiger partial charge is 0.573 e. The molecule has 0 bridgehead atoms. The average molecular weight is 387 g/mol. The highest BCUT2D eigenvalue weighted by atomic mass is 32.2. The molecular formula is C18H20F3NO3S. The smallest absolute Gasteiger partial charge is 0.406 e. The number of ether oxygens (including phenoxy) is 1. The number of benzene rings is 2. The minimum Gasteiger partial charge on any atom is -0.406 e. The molecule has 1 N–H and O–H groups in total. The van der Waals surface area contributed by atoms with E-state index in [1.165, 1.54) is 0 Å². The SMILES string of the molecule is CC(C)(C)c1ccc(CNS(=O)(=O)c2ccc(OC(F)(F)F)cc2)cc1. The number of hydrogen-bond donors (Lipinski definition) is 1. The van der Waals surface area contributed by atoms with Crippen molar-refractivity contribution in [1.29, 1.82) is 0 Å². The van der Waals surface area contributed by atoms with Crippen LogP contribution in [0.3, 0.4) is 0 Å². The van der Waals surface area contributed by atoms with Crippen molar-refractivity contribution in [3.8, 4) is 5.75 Å². The van der Waals surface area contributed by atoms with Crippen LogP contribution in [0.1, 0.15) is 31.9 Å². The Balaban J connectivity index is 2.04. The van der Waals surface area contributed by atoms with E-state index in [1.807, 2.05) is 24.3 Å². The zero-order valence-electron chi connectivity index (χ0n) is 14.6. The quantitative estimate of drug-likeness (QED) is 0.829. The summed E-state index contributed by atoms with van der Waals surface area (Å²) in [5.41, 5.74) is 1.90. The molecule has 4 nitrogen and oxygen atoms in total. The van der Waals surface area contributed by atoms with Crippen molar-refractivity contribution in [1.82, 2.24) is 4.72 Å². The Kier molecular flexibility index (Phi) is 5.67. The van der Waals surface area contributed by atoms with E-state index >= 15 is 0 Å². The summed E-state index contributed by atoms with van der Waals surface area (Å²) in [4.78, 5) is -0.140. The fraction of sp³-hybridized carbons (Fsp3) is 0.333. The number of alkyl halides is 3. The van der Waals surface area contributed by atoms with Gasteiger partial charge in [0.05, 0.1) is 4.90 Å². The van der Waals surface area contributed by atoms with E-state index in [-0.39, 0.29) is 16.9 Å². The first-order chi connectivity index (χ1) is 11.9. The molecule has 0 aliphatic carbocycles. The fourth-order valence-electron chi connectivity index (χ4n) is 2.20. The normalized spacial score (nSPS) is 12.8. The first-order valence-electron chi connectivity index (χ1n) is 7.82. The first kappa shape index (κ1) is 20.3. The lowest BCUT2D eigenvalue weighted by atomic mass is 9.87. The van der Waals surface area contributed by atoms with Crippen LogP contribution < -0.4 is 9.46 Å². The molecule has 2 aromatic rings. The Morgan fingerprint density at radius 2 is 1.46 bits per heavy atom. The number of halogens is 3. The van der Waals surface area contributed by atoms with E-state index in [4.69, 9.17) is 0 Å². The van der Waals surface area contributed by atoms with E-state index in [9.17, 15) is 21.6 Å². The minimum atomic E-state index is -4.82. The molecule has 26 heavy (non-hydrogen) atoms. The van der Waals surface area contributed by atoms with Gasteiger partial charge in [-0.3, -0.25) is 0 Å². The lowest BCUT2D eigenvalue weighted by Crippen LogP contribution is -2.23. The van der Waals surface area contributed by atoms with Crippen LogP contribution >= 0.6 is 0 Å². The molecule has 0 heterocycles. The summed E-state index contributed by atoms with van der Waals surface area (Å²) < 4.78 is 67.1.